The number of sulfonamides is 1. The number of nitrogens with zero attached hydrogens (tertiary/aromatic N) is 2. The highest BCUT2D eigenvalue weighted by Gasteiger charge is 2.44. The van der Waals surface area contributed by atoms with Crippen molar-refractivity contribution in [2.24, 2.45) is 0 Å². The number of esters is 2. The molecule has 0 fully saturated rings. The van der Waals surface area contributed by atoms with Gasteiger partial charge in [-0.05, 0) is 23.1 Å². The van der Waals surface area contributed by atoms with E-state index in [1.165, 1.54) is 18.5 Å². The van der Waals surface area contributed by atoms with E-state index in [4.69, 9.17) is 37.4 Å². The number of amides is 1. The molecule has 0 aliphatic carbocycles. The fraction of sp³-hybridized carbons (Fsp3) is 0.231. The first-order chi connectivity index (χ1) is 18.5. The first kappa shape index (κ1) is 28.3. The van der Waals surface area contributed by atoms with E-state index in [2.05, 4.69) is 4.98 Å². The van der Waals surface area contributed by atoms with Crippen molar-refractivity contribution in [2.45, 2.75) is 31.3 Å². The summed E-state index contributed by atoms with van der Waals surface area (Å²) in [4.78, 5) is 41.3. The van der Waals surface area contributed by atoms with Gasteiger partial charge in [-0.1, -0.05) is 67.4 Å². The molecule has 204 valence electrons. The number of benzene rings is 2. The minimum absolute atomic E-state index is 0.0525. The molecule has 2 heterocycles. The highest BCUT2D eigenvalue weighted by Crippen LogP contribution is 2.39. The van der Waals surface area contributed by atoms with Crippen LogP contribution in [0.3, 0.4) is 0 Å². The molecule has 0 unspecified atom stereocenters. The predicted octanol–water partition coefficient (Wildman–Crippen LogP) is 4.59. The van der Waals surface area contributed by atoms with Crippen molar-refractivity contribution < 1.29 is 37.0 Å². The van der Waals surface area contributed by atoms with Gasteiger partial charge >= 0.3 is 11.9 Å². The summed E-state index contributed by atoms with van der Waals surface area (Å²) in [6.45, 7) is 2.19. The average molecular weight is 593 g/mol. The standard InChI is InChI=1S/C26H22Cl2N2O8S/c1-15(2)18-8-17(36-13-22(31)37-12-16-6-4-3-5-7-16)9-21-23(18)25(32)30(39(21,34)35)14-38-26(33)24-19(27)10-29-11-20(24)28/h3-11,15H,12-14H2,1-2H3. The fourth-order valence-electron chi connectivity index (χ4n) is 3.78. The number of rotatable bonds is 9. The molecular formula is C26H22Cl2N2O8S. The molecule has 2 aromatic carbocycles. The van der Waals surface area contributed by atoms with Gasteiger partial charge in [-0.25, -0.2) is 18.0 Å². The number of halogens is 2. The molecule has 0 N–H and O–H groups in total. The number of carbonyl (C=O) groups is 3. The van der Waals surface area contributed by atoms with E-state index < -0.39 is 41.2 Å². The third kappa shape index (κ3) is 6.00. The molecule has 10 nitrogen and oxygen atoms in total. The second-order valence-electron chi connectivity index (χ2n) is 8.67. The maximum atomic E-state index is 13.3. The molecule has 0 saturated carbocycles. The lowest BCUT2D eigenvalue weighted by molar-refractivity contribution is -0.147. The maximum Gasteiger partial charge on any atom is 0.344 e. The van der Waals surface area contributed by atoms with Gasteiger partial charge in [0.15, 0.2) is 13.3 Å². The molecule has 0 radical (unpaired) electrons. The minimum atomic E-state index is -4.42. The molecule has 0 spiro atoms. The van der Waals surface area contributed by atoms with Crippen molar-refractivity contribution in [1.29, 1.82) is 0 Å². The monoisotopic (exact) mass is 592 g/mol. The number of fused-ring (bicyclic) bond motifs is 1. The Balaban J connectivity index is 1.51. The predicted molar refractivity (Wildman–Crippen MR) is 140 cm³/mol. The molecule has 1 aliphatic heterocycles. The van der Waals surface area contributed by atoms with Crippen LogP contribution in [0.5, 0.6) is 5.75 Å². The van der Waals surface area contributed by atoms with E-state index >= 15 is 0 Å². The summed E-state index contributed by atoms with van der Waals surface area (Å²) in [5, 5.41) is -0.199. The summed E-state index contributed by atoms with van der Waals surface area (Å²) in [6.07, 6.45) is 2.34. The second-order valence-corrected chi connectivity index (χ2v) is 11.3. The van der Waals surface area contributed by atoms with Crippen LogP contribution in [-0.2, 0) is 30.9 Å². The molecule has 13 heteroatoms. The second kappa shape index (κ2) is 11.6. The fourth-order valence-corrected chi connectivity index (χ4v) is 5.77. The number of aromatic nitrogens is 1. The Bertz CT molecular complexity index is 1520. The first-order valence-corrected chi connectivity index (χ1v) is 13.7. The van der Waals surface area contributed by atoms with Crippen LogP contribution in [0.4, 0.5) is 0 Å². The number of hydrogen-bond acceptors (Lipinski definition) is 9. The van der Waals surface area contributed by atoms with Gasteiger partial charge in [-0.3, -0.25) is 9.78 Å². The Labute approximate surface area is 234 Å². The van der Waals surface area contributed by atoms with Gasteiger partial charge in [0.1, 0.15) is 22.8 Å². The van der Waals surface area contributed by atoms with Crippen molar-refractivity contribution >= 4 is 51.1 Å². The topological polar surface area (TPSA) is 129 Å². The Morgan fingerprint density at radius 3 is 2.33 bits per heavy atom. The molecule has 1 amide bonds. The highest BCUT2D eigenvalue weighted by molar-refractivity contribution is 7.90. The van der Waals surface area contributed by atoms with Crippen molar-refractivity contribution in [3.05, 3.63) is 87.2 Å². The van der Waals surface area contributed by atoms with Crippen LogP contribution < -0.4 is 4.74 Å². The highest BCUT2D eigenvalue weighted by atomic mass is 35.5. The molecule has 0 saturated heterocycles. The van der Waals surface area contributed by atoms with Crippen molar-refractivity contribution in [1.82, 2.24) is 9.29 Å². The summed E-state index contributed by atoms with van der Waals surface area (Å²) in [5.41, 5.74) is 0.889. The number of hydrogen-bond donors (Lipinski definition) is 0. The van der Waals surface area contributed by atoms with Crippen molar-refractivity contribution in [3.63, 3.8) is 0 Å². The van der Waals surface area contributed by atoms with Crippen LogP contribution >= 0.6 is 23.2 Å². The third-order valence-electron chi connectivity index (χ3n) is 5.71. The zero-order valence-corrected chi connectivity index (χ0v) is 23.0. The molecule has 1 aliphatic rings. The summed E-state index contributed by atoms with van der Waals surface area (Å²) in [7, 11) is -4.42. The van der Waals surface area contributed by atoms with Crippen LogP contribution in [0.2, 0.25) is 10.0 Å². The molecule has 39 heavy (non-hydrogen) atoms. The average Bonchev–Trinajstić information content (AvgIpc) is 3.09. The Kier molecular flexibility index (Phi) is 8.43. The van der Waals surface area contributed by atoms with Crippen LogP contribution in [0, 0.1) is 0 Å². The summed E-state index contributed by atoms with van der Waals surface area (Å²) < 4.78 is 42.8. The zero-order chi connectivity index (χ0) is 28.3. The van der Waals surface area contributed by atoms with E-state index in [0.717, 1.165) is 11.6 Å². The summed E-state index contributed by atoms with van der Waals surface area (Å²) in [6, 6.07) is 11.7. The van der Waals surface area contributed by atoms with Gasteiger partial charge in [0.25, 0.3) is 15.9 Å². The lowest BCUT2D eigenvalue weighted by Crippen LogP contribution is -2.33. The molecular weight excluding hydrogens is 571 g/mol. The molecule has 3 aromatic rings. The van der Waals surface area contributed by atoms with Gasteiger partial charge in [0, 0.05) is 18.5 Å². The van der Waals surface area contributed by atoms with Crippen LogP contribution in [-0.4, -0.2) is 48.9 Å². The third-order valence-corrected chi connectivity index (χ3v) is 8.01. The number of pyridine rings is 1. The van der Waals surface area contributed by atoms with E-state index in [1.807, 2.05) is 18.2 Å². The number of carbonyl (C=O) groups excluding carboxylic acids is 3. The number of ether oxygens (including phenoxy) is 3. The molecule has 4 rings (SSSR count). The van der Waals surface area contributed by atoms with Gasteiger partial charge in [0.05, 0.1) is 15.6 Å². The largest absolute Gasteiger partial charge is 0.482 e. The molecule has 0 bridgehead atoms. The summed E-state index contributed by atoms with van der Waals surface area (Å²) in [5.74, 6) is -2.80. The van der Waals surface area contributed by atoms with E-state index in [-0.39, 0.29) is 44.3 Å². The van der Waals surface area contributed by atoms with Gasteiger partial charge in [-0.15, -0.1) is 0 Å². The van der Waals surface area contributed by atoms with Crippen molar-refractivity contribution in [3.8, 4) is 5.75 Å². The smallest absolute Gasteiger partial charge is 0.344 e. The van der Waals surface area contributed by atoms with Crippen LogP contribution in [0.15, 0.2) is 59.8 Å². The van der Waals surface area contributed by atoms with Gasteiger partial charge in [-0.2, -0.15) is 4.31 Å². The maximum absolute atomic E-state index is 13.3. The SMILES string of the molecule is CC(C)c1cc(OCC(=O)OCc2ccccc2)cc2c1C(=O)N(COC(=O)c1c(Cl)cncc1Cl)S2(=O)=O. The normalized spacial score (nSPS) is 13.8. The van der Waals surface area contributed by atoms with E-state index in [1.54, 1.807) is 26.0 Å². The quantitative estimate of drug-likeness (QED) is 0.327. The lowest BCUT2D eigenvalue weighted by Gasteiger charge is -2.15. The van der Waals surface area contributed by atoms with Gasteiger partial charge < -0.3 is 14.2 Å². The summed E-state index contributed by atoms with van der Waals surface area (Å²) >= 11 is 11.9. The van der Waals surface area contributed by atoms with E-state index in [9.17, 15) is 22.8 Å². The Hall–Kier alpha value is -3.67. The first-order valence-electron chi connectivity index (χ1n) is 11.5. The van der Waals surface area contributed by atoms with Gasteiger partial charge in [0.2, 0.25) is 0 Å². The molecule has 0 atom stereocenters. The zero-order valence-electron chi connectivity index (χ0n) is 20.7. The lowest BCUT2D eigenvalue weighted by atomic mass is 9.96. The molecule has 1 aromatic heterocycles. The minimum Gasteiger partial charge on any atom is -0.482 e. The Morgan fingerprint density at radius 2 is 1.69 bits per heavy atom. The van der Waals surface area contributed by atoms with Crippen LogP contribution in [0.1, 0.15) is 51.6 Å². The van der Waals surface area contributed by atoms with E-state index in [0.29, 0.717) is 9.87 Å². The Morgan fingerprint density at radius 1 is 1.03 bits per heavy atom. The van der Waals surface area contributed by atoms with Crippen molar-refractivity contribution in [2.75, 3.05) is 13.3 Å². The van der Waals surface area contributed by atoms with Crippen LogP contribution in [0.25, 0.3) is 0 Å².